The molecule has 0 unspecified atom stereocenters. The van der Waals surface area contributed by atoms with E-state index in [0.717, 1.165) is 15.6 Å². The summed E-state index contributed by atoms with van der Waals surface area (Å²) in [6.45, 7) is 2.02. The zero-order chi connectivity index (χ0) is 17.8. The lowest BCUT2D eigenvalue weighted by atomic mass is 10.1. The minimum absolute atomic E-state index is 0.0241. The van der Waals surface area contributed by atoms with Gasteiger partial charge in [0.05, 0.1) is 6.21 Å². The van der Waals surface area contributed by atoms with Gasteiger partial charge in [-0.15, -0.1) is 0 Å². The molecular weight excluding hydrogens is 384 g/mol. The number of phenols is 1. The van der Waals surface area contributed by atoms with Crippen LogP contribution >= 0.6 is 15.9 Å². The summed E-state index contributed by atoms with van der Waals surface area (Å²) in [6, 6.07) is 15.6. The van der Waals surface area contributed by atoms with E-state index in [1.54, 1.807) is 18.2 Å². The molecule has 0 fully saturated rings. The number of carbonyl (C=O) groups excluding carboxylic acids is 1. The van der Waals surface area contributed by atoms with Crippen LogP contribution < -0.4 is 5.43 Å². The summed E-state index contributed by atoms with van der Waals surface area (Å²) in [7, 11) is 0. The van der Waals surface area contributed by atoms with Crippen LogP contribution in [-0.4, -0.2) is 17.2 Å². The van der Waals surface area contributed by atoms with Crippen molar-refractivity contribution in [2.75, 3.05) is 0 Å². The predicted octanol–water partition coefficient (Wildman–Crippen LogP) is 4.49. The van der Waals surface area contributed by atoms with Crippen molar-refractivity contribution in [1.82, 2.24) is 5.43 Å². The monoisotopic (exact) mass is 398 g/mol. The average Bonchev–Trinajstić information content (AvgIpc) is 3.03. The van der Waals surface area contributed by atoms with Crippen molar-refractivity contribution < 1.29 is 14.3 Å². The summed E-state index contributed by atoms with van der Waals surface area (Å²) in [5, 5.41) is 13.3. The van der Waals surface area contributed by atoms with Crippen LogP contribution in [0.15, 0.2) is 68.6 Å². The Balaban J connectivity index is 1.69. The zero-order valence-corrected chi connectivity index (χ0v) is 14.9. The lowest BCUT2D eigenvalue weighted by Crippen LogP contribution is -2.17. The molecule has 0 aliphatic carbocycles. The summed E-state index contributed by atoms with van der Waals surface area (Å²) in [5.74, 6) is 0.822. The second-order valence-electron chi connectivity index (χ2n) is 5.43. The van der Waals surface area contributed by atoms with E-state index in [2.05, 4.69) is 26.5 Å². The molecule has 0 aliphatic heterocycles. The van der Waals surface area contributed by atoms with Gasteiger partial charge >= 0.3 is 0 Å². The summed E-state index contributed by atoms with van der Waals surface area (Å²) >= 11 is 3.53. The number of furan rings is 1. The van der Waals surface area contributed by atoms with Crippen molar-refractivity contribution in [3.8, 4) is 17.1 Å². The second-order valence-corrected chi connectivity index (χ2v) is 6.29. The molecular formula is C19H15BrN2O3. The lowest BCUT2D eigenvalue weighted by Gasteiger charge is -2.02. The number of hydrogen-bond donors (Lipinski definition) is 2. The van der Waals surface area contributed by atoms with Gasteiger partial charge in [-0.1, -0.05) is 28.1 Å². The SMILES string of the molecule is Cc1ccc(-c2ccc(/C=N/NC(=O)c3cccc(O)c3)o2)c(Br)c1. The van der Waals surface area contributed by atoms with Gasteiger partial charge in [0.1, 0.15) is 17.3 Å². The van der Waals surface area contributed by atoms with Gasteiger partial charge in [0, 0.05) is 15.6 Å². The van der Waals surface area contributed by atoms with Gasteiger partial charge in [-0.3, -0.25) is 4.79 Å². The number of phenolic OH excluding ortho intramolecular Hbond substituents is 1. The van der Waals surface area contributed by atoms with Crippen molar-refractivity contribution in [1.29, 1.82) is 0 Å². The Morgan fingerprint density at radius 2 is 2.04 bits per heavy atom. The van der Waals surface area contributed by atoms with E-state index in [1.807, 2.05) is 31.2 Å². The number of nitrogens with one attached hydrogen (secondary N) is 1. The van der Waals surface area contributed by atoms with Gasteiger partial charge in [-0.05, 0) is 55.0 Å². The first-order valence-electron chi connectivity index (χ1n) is 7.52. The topological polar surface area (TPSA) is 74.8 Å². The first kappa shape index (κ1) is 17.0. The molecule has 3 rings (SSSR count). The van der Waals surface area contributed by atoms with Crippen LogP contribution in [0.4, 0.5) is 0 Å². The third kappa shape index (κ3) is 4.16. The number of rotatable bonds is 4. The van der Waals surface area contributed by atoms with E-state index in [4.69, 9.17) is 4.42 Å². The molecule has 1 heterocycles. The maximum atomic E-state index is 11.9. The molecule has 2 aromatic carbocycles. The van der Waals surface area contributed by atoms with E-state index >= 15 is 0 Å². The van der Waals surface area contributed by atoms with Crippen molar-refractivity contribution in [2.24, 2.45) is 5.10 Å². The second kappa shape index (κ2) is 7.36. The van der Waals surface area contributed by atoms with Crippen LogP contribution in [0.25, 0.3) is 11.3 Å². The standard InChI is InChI=1S/C19H15BrN2O3/c1-12-5-7-16(17(20)9-12)18-8-6-15(25-18)11-21-22-19(24)13-3-2-4-14(23)10-13/h2-11,23H,1H3,(H,22,24)/b21-11+. The number of aromatic hydroxyl groups is 1. The number of hydrogen-bond acceptors (Lipinski definition) is 4. The number of benzene rings is 2. The maximum Gasteiger partial charge on any atom is 0.271 e. The zero-order valence-electron chi connectivity index (χ0n) is 13.4. The summed E-state index contributed by atoms with van der Waals surface area (Å²) in [6.07, 6.45) is 1.42. The first-order valence-corrected chi connectivity index (χ1v) is 8.31. The van der Waals surface area contributed by atoms with Crippen LogP contribution in [0, 0.1) is 6.92 Å². The third-order valence-corrected chi connectivity index (χ3v) is 4.14. The smallest absolute Gasteiger partial charge is 0.271 e. The van der Waals surface area contributed by atoms with Crippen LogP contribution in [-0.2, 0) is 0 Å². The highest BCUT2D eigenvalue weighted by molar-refractivity contribution is 9.10. The highest BCUT2D eigenvalue weighted by atomic mass is 79.9. The molecule has 5 nitrogen and oxygen atoms in total. The summed E-state index contributed by atoms with van der Waals surface area (Å²) < 4.78 is 6.67. The minimum Gasteiger partial charge on any atom is -0.508 e. The van der Waals surface area contributed by atoms with E-state index < -0.39 is 5.91 Å². The Morgan fingerprint density at radius 1 is 1.20 bits per heavy atom. The summed E-state index contributed by atoms with van der Waals surface area (Å²) in [5.41, 5.74) is 4.80. The molecule has 0 atom stereocenters. The van der Waals surface area contributed by atoms with Crippen LogP contribution in [0.2, 0.25) is 0 Å². The molecule has 0 saturated carbocycles. The molecule has 3 aromatic rings. The van der Waals surface area contributed by atoms with Gasteiger partial charge < -0.3 is 9.52 Å². The molecule has 0 aliphatic rings. The largest absolute Gasteiger partial charge is 0.508 e. The number of halogens is 1. The fourth-order valence-corrected chi connectivity index (χ4v) is 2.94. The van der Waals surface area contributed by atoms with E-state index in [-0.39, 0.29) is 5.75 Å². The van der Waals surface area contributed by atoms with Gasteiger partial charge in [0.25, 0.3) is 5.91 Å². The number of nitrogens with zero attached hydrogens (tertiary/aromatic N) is 1. The molecule has 1 aromatic heterocycles. The first-order chi connectivity index (χ1) is 12.0. The molecule has 1 amide bonds. The number of hydrazone groups is 1. The molecule has 6 heteroatoms. The Bertz CT molecular complexity index is 947. The Hall–Kier alpha value is -2.86. The Labute approximate surface area is 153 Å². The van der Waals surface area contributed by atoms with Gasteiger partial charge in [-0.25, -0.2) is 5.43 Å². The lowest BCUT2D eigenvalue weighted by molar-refractivity contribution is 0.0954. The predicted molar refractivity (Wildman–Crippen MR) is 99.7 cm³/mol. The maximum absolute atomic E-state index is 11.9. The molecule has 25 heavy (non-hydrogen) atoms. The number of carbonyl (C=O) groups is 1. The van der Waals surface area contributed by atoms with Crippen LogP contribution in [0.1, 0.15) is 21.7 Å². The van der Waals surface area contributed by atoms with Crippen molar-refractivity contribution >= 4 is 28.1 Å². The number of aryl methyl sites for hydroxylation is 1. The molecule has 0 radical (unpaired) electrons. The highest BCUT2D eigenvalue weighted by Crippen LogP contribution is 2.30. The fourth-order valence-electron chi connectivity index (χ4n) is 2.25. The minimum atomic E-state index is -0.416. The van der Waals surface area contributed by atoms with Crippen molar-refractivity contribution in [3.05, 3.63) is 76.0 Å². The average molecular weight is 399 g/mol. The van der Waals surface area contributed by atoms with Gasteiger partial charge in [0.15, 0.2) is 0 Å². The molecule has 0 bridgehead atoms. The molecule has 126 valence electrons. The molecule has 0 saturated heterocycles. The van der Waals surface area contributed by atoms with Gasteiger partial charge in [0.2, 0.25) is 0 Å². The summed E-state index contributed by atoms with van der Waals surface area (Å²) in [4.78, 5) is 11.9. The third-order valence-electron chi connectivity index (χ3n) is 3.48. The van der Waals surface area contributed by atoms with Crippen molar-refractivity contribution in [2.45, 2.75) is 6.92 Å². The Morgan fingerprint density at radius 3 is 2.80 bits per heavy atom. The Kier molecular flexibility index (Phi) is 5.00. The quantitative estimate of drug-likeness (QED) is 0.502. The fraction of sp³-hybridized carbons (Fsp3) is 0.0526. The van der Waals surface area contributed by atoms with E-state index in [0.29, 0.717) is 17.1 Å². The van der Waals surface area contributed by atoms with Crippen LogP contribution in [0.3, 0.4) is 0 Å². The van der Waals surface area contributed by atoms with Crippen molar-refractivity contribution in [3.63, 3.8) is 0 Å². The van der Waals surface area contributed by atoms with E-state index in [1.165, 1.54) is 18.3 Å². The highest BCUT2D eigenvalue weighted by Gasteiger charge is 2.08. The molecule has 2 N–H and O–H groups in total. The van der Waals surface area contributed by atoms with E-state index in [9.17, 15) is 9.90 Å². The number of amides is 1. The van der Waals surface area contributed by atoms with Gasteiger partial charge in [-0.2, -0.15) is 5.10 Å². The van der Waals surface area contributed by atoms with Crippen LogP contribution in [0.5, 0.6) is 5.75 Å². The normalized spacial score (nSPS) is 11.0. The molecule has 0 spiro atoms.